The average Bonchev–Trinajstić information content (AvgIpc) is 2.04. The Hall–Kier alpha value is -1.10. The van der Waals surface area contributed by atoms with E-state index >= 15 is 0 Å². The number of halogens is 1. The van der Waals surface area contributed by atoms with Gasteiger partial charge in [-0.3, -0.25) is 0 Å². The summed E-state index contributed by atoms with van der Waals surface area (Å²) in [7, 11) is 1.46. The molecule has 0 aliphatic heterocycles. The van der Waals surface area contributed by atoms with Crippen LogP contribution < -0.4 is 4.74 Å². The van der Waals surface area contributed by atoms with Crippen LogP contribution in [0, 0.1) is 0 Å². The van der Waals surface area contributed by atoms with Crippen molar-refractivity contribution in [2.24, 2.45) is 0 Å². The van der Waals surface area contributed by atoms with Gasteiger partial charge in [0.15, 0.2) is 5.69 Å². The van der Waals surface area contributed by atoms with Gasteiger partial charge in [0.05, 0.1) is 11.6 Å². The molecule has 0 atom stereocenters. The fourth-order valence-corrected chi connectivity index (χ4v) is 1.30. The molecule has 1 aromatic rings. The molecule has 1 heterocycles. The SMILES string of the molecule is COc1ccnc(C(=O)O)c1Br. The standard InChI is InChI=1S/C7H6BrNO3/c1-12-4-2-3-9-6(5(4)8)7(10)11/h2-3H,1H3,(H,10,11). The number of rotatable bonds is 2. The van der Waals surface area contributed by atoms with Gasteiger partial charge in [0, 0.05) is 6.20 Å². The van der Waals surface area contributed by atoms with Crippen LogP contribution in [-0.4, -0.2) is 23.2 Å². The molecule has 12 heavy (non-hydrogen) atoms. The maximum Gasteiger partial charge on any atom is 0.355 e. The van der Waals surface area contributed by atoms with Crippen molar-refractivity contribution in [3.63, 3.8) is 0 Å². The van der Waals surface area contributed by atoms with Crippen molar-refractivity contribution < 1.29 is 14.6 Å². The molecule has 0 saturated carbocycles. The first-order valence-electron chi connectivity index (χ1n) is 3.08. The highest BCUT2D eigenvalue weighted by molar-refractivity contribution is 9.10. The Labute approximate surface area is 77.3 Å². The molecule has 1 aromatic heterocycles. The van der Waals surface area contributed by atoms with Crippen molar-refractivity contribution in [3.8, 4) is 5.75 Å². The molecular weight excluding hydrogens is 226 g/mol. The van der Waals surface area contributed by atoms with E-state index in [0.29, 0.717) is 10.2 Å². The highest BCUT2D eigenvalue weighted by Gasteiger charge is 2.13. The Morgan fingerprint density at radius 3 is 2.92 bits per heavy atom. The molecule has 0 aromatic carbocycles. The van der Waals surface area contributed by atoms with E-state index in [2.05, 4.69) is 20.9 Å². The summed E-state index contributed by atoms with van der Waals surface area (Å²) in [6.45, 7) is 0. The third-order valence-corrected chi connectivity index (χ3v) is 2.04. The molecule has 1 N–H and O–H groups in total. The summed E-state index contributed by atoms with van der Waals surface area (Å²) < 4.78 is 5.25. The molecule has 1 rings (SSSR count). The number of aromatic nitrogens is 1. The van der Waals surface area contributed by atoms with Crippen LogP contribution in [-0.2, 0) is 0 Å². The van der Waals surface area contributed by atoms with Crippen LogP contribution in [0.3, 0.4) is 0 Å². The minimum atomic E-state index is -1.08. The minimum Gasteiger partial charge on any atom is -0.495 e. The molecule has 0 aliphatic rings. The Morgan fingerprint density at radius 1 is 1.75 bits per heavy atom. The lowest BCUT2D eigenvalue weighted by molar-refractivity contribution is 0.0689. The number of nitrogens with zero attached hydrogens (tertiary/aromatic N) is 1. The third kappa shape index (κ3) is 1.55. The normalized spacial score (nSPS) is 9.50. The van der Waals surface area contributed by atoms with Gasteiger partial charge in [0.25, 0.3) is 0 Å². The maximum atomic E-state index is 10.5. The highest BCUT2D eigenvalue weighted by atomic mass is 79.9. The smallest absolute Gasteiger partial charge is 0.355 e. The van der Waals surface area contributed by atoms with Gasteiger partial charge in [-0.1, -0.05) is 0 Å². The molecule has 0 unspecified atom stereocenters. The van der Waals surface area contributed by atoms with Crippen molar-refractivity contribution in [1.29, 1.82) is 0 Å². The first-order chi connectivity index (χ1) is 5.66. The van der Waals surface area contributed by atoms with Crippen molar-refractivity contribution in [2.45, 2.75) is 0 Å². The van der Waals surface area contributed by atoms with Crippen molar-refractivity contribution in [1.82, 2.24) is 4.98 Å². The second kappa shape index (κ2) is 3.53. The summed E-state index contributed by atoms with van der Waals surface area (Å²) in [6.07, 6.45) is 1.38. The fourth-order valence-electron chi connectivity index (χ4n) is 0.733. The van der Waals surface area contributed by atoms with Crippen LogP contribution >= 0.6 is 15.9 Å². The fraction of sp³-hybridized carbons (Fsp3) is 0.143. The van der Waals surface area contributed by atoms with Gasteiger partial charge < -0.3 is 9.84 Å². The summed E-state index contributed by atoms with van der Waals surface area (Å²) in [5.41, 5.74) is -0.0469. The minimum absolute atomic E-state index is 0.0469. The average molecular weight is 232 g/mol. The van der Waals surface area contributed by atoms with Gasteiger partial charge >= 0.3 is 5.97 Å². The molecular formula is C7H6BrNO3. The van der Waals surface area contributed by atoms with Crippen LogP contribution in [0.15, 0.2) is 16.7 Å². The number of pyridine rings is 1. The lowest BCUT2D eigenvalue weighted by Crippen LogP contribution is -2.02. The predicted octanol–water partition coefficient (Wildman–Crippen LogP) is 1.55. The molecule has 0 spiro atoms. The number of hydrogen-bond acceptors (Lipinski definition) is 3. The monoisotopic (exact) mass is 231 g/mol. The third-order valence-electron chi connectivity index (χ3n) is 1.28. The van der Waals surface area contributed by atoms with E-state index in [1.165, 1.54) is 13.3 Å². The molecule has 4 nitrogen and oxygen atoms in total. The molecule has 0 saturated heterocycles. The van der Waals surface area contributed by atoms with E-state index < -0.39 is 5.97 Å². The summed E-state index contributed by atoms with van der Waals surface area (Å²) in [5, 5.41) is 8.64. The first-order valence-corrected chi connectivity index (χ1v) is 3.88. The lowest BCUT2D eigenvalue weighted by atomic mass is 10.3. The number of aromatic carboxylic acids is 1. The Balaban J connectivity index is 3.23. The van der Waals surface area contributed by atoms with E-state index in [4.69, 9.17) is 9.84 Å². The van der Waals surface area contributed by atoms with Crippen molar-refractivity contribution >= 4 is 21.9 Å². The second-order valence-corrected chi connectivity index (χ2v) is 2.77. The van der Waals surface area contributed by atoms with Gasteiger partial charge in [0.1, 0.15) is 5.75 Å². The second-order valence-electron chi connectivity index (χ2n) is 1.98. The van der Waals surface area contributed by atoms with Crippen LogP contribution in [0.1, 0.15) is 10.5 Å². The summed E-state index contributed by atoms with van der Waals surface area (Å²) >= 11 is 3.07. The maximum absolute atomic E-state index is 10.5. The van der Waals surface area contributed by atoms with Crippen molar-refractivity contribution in [2.75, 3.05) is 7.11 Å². The van der Waals surface area contributed by atoms with Gasteiger partial charge in [-0.25, -0.2) is 9.78 Å². The van der Waals surface area contributed by atoms with E-state index in [9.17, 15) is 4.79 Å². The molecule has 0 fully saturated rings. The number of carbonyl (C=O) groups is 1. The zero-order chi connectivity index (χ0) is 9.14. The van der Waals surface area contributed by atoms with Gasteiger partial charge in [-0.2, -0.15) is 0 Å². The van der Waals surface area contributed by atoms with Gasteiger partial charge in [-0.05, 0) is 22.0 Å². The van der Waals surface area contributed by atoms with Crippen LogP contribution in [0.2, 0.25) is 0 Å². The first kappa shape index (κ1) is 8.99. The molecule has 0 radical (unpaired) electrons. The Kier molecular flexibility index (Phi) is 2.65. The number of hydrogen-bond donors (Lipinski definition) is 1. The van der Waals surface area contributed by atoms with Crippen LogP contribution in [0.5, 0.6) is 5.75 Å². The topological polar surface area (TPSA) is 59.4 Å². The molecule has 5 heteroatoms. The molecule has 0 aliphatic carbocycles. The zero-order valence-electron chi connectivity index (χ0n) is 6.24. The molecule has 0 amide bonds. The zero-order valence-corrected chi connectivity index (χ0v) is 7.83. The molecule has 0 bridgehead atoms. The Bertz CT molecular complexity index is 314. The summed E-state index contributed by atoms with van der Waals surface area (Å²) in [4.78, 5) is 14.2. The van der Waals surface area contributed by atoms with E-state index in [1.807, 2.05) is 0 Å². The van der Waals surface area contributed by atoms with E-state index in [-0.39, 0.29) is 5.69 Å². The highest BCUT2D eigenvalue weighted by Crippen LogP contribution is 2.26. The van der Waals surface area contributed by atoms with E-state index in [1.54, 1.807) is 6.07 Å². The quantitative estimate of drug-likeness (QED) is 0.840. The molecule has 64 valence electrons. The number of ether oxygens (including phenoxy) is 1. The largest absolute Gasteiger partial charge is 0.495 e. The lowest BCUT2D eigenvalue weighted by Gasteiger charge is -2.03. The van der Waals surface area contributed by atoms with E-state index in [0.717, 1.165) is 0 Å². The van der Waals surface area contributed by atoms with Crippen molar-refractivity contribution in [3.05, 3.63) is 22.4 Å². The van der Waals surface area contributed by atoms with Gasteiger partial charge in [0.2, 0.25) is 0 Å². The number of methoxy groups -OCH3 is 1. The Morgan fingerprint density at radius 2 is 2.42 bits per heavy atom. The number of carboxylic acid groups (broad SMARTS) is 1. The van der Waals surface area contributed by atoms with Crippen LogP contribution in [0.25, 0.3) is 0 Å². The van der Waals surface area contributed by atoms with Crippen LogP contribution in [0.4, 0.5) is 0 Å². The predicted molar refractivity (Wildman–Crippen MR) is 45.4 cm³/mol. The number of carboxylic acids is 1. The van der Waals surface area contributed by atoms with Gasteiger partial charge in [-0.15, -0.1) is 0 Å². The summed E-state index contributed by atoms with van der Waals surface area (Å²) in [6, 6.07) is 1.58. The summed E-state index contributed by atoms with van der Waals surface area (Å²) in [5.74, 6) is -0.622.